The van der Waals surface area contributed by atoms with Crippen molar-refractivity contribution in [1.82, 2.24) is 9.80 Å². The summed E-state index contributed by atoms with van der Waals surface area (Å²) in [4.78, 5) is 33.7. The number of para-hydroxylation sites is 2. The lowest BCUT2D eigenvalue weighted by Crippen LogP contribution is -2.51. The zero-order valence-corrected chi connectivity index (χ0v) is 26.2. The predicted molar refractivity (Wildman–Crippen MR) is 166 cm³/mol. The Bertz CT molecular complexity index is 1470. The molecule has 2 fully saturated rings. The molecule has 3 aromatic carbocycles. The molecule has 0 spiro atoms. The number of nitrogens with zero attached hydrogens (tertiary/aromatic N) is 3. The average Bonchev–Trinajstić information content (AvgIpc) is 3.49. The molecular formula is C32H35Cl2N3O6. The first-order chi connectivity index (χ1) is 20.8. The fourth-order valence-corrected chi connectivity index (χ4v) is 6.49. The van der Waals surface area contributed by atoms with Crippen molar-refractivity contribution in [3.05, 3.63) is 75.8 Å². The van der Waals surface area contributed by atoms with Gasteiger partial charge in [0.2, 0.25) is 11.7 Å². The first kappa shape index (κ1) is 30.6. The highest BCUT2D eigenvalue weighted by molar-refractivity contribution is 6.36. The summed E-state index contributed by atoms with van der Waals surface area (Å²) in [5, 5.41) is 0.711. The van der Waals surface area contributed by atoms with Crippen LogP contribution in [0.4, 0.5) is 5.69 Å². The number of amides is 2. The van der Waals surface area contributed by atoms with E-state index in [1.165, 1.54) is 0 Å². The first-order valence-corrected chi connectivity index (χ1v) is 14.8. The molecule has 11 heteroatoms. The Balaban J connectivity index is 1.43. The minimum absolute atomic E-state index is 0.00377. The smallest absolute Gasteiger partial charge is 0.255 e. The van der Waals surface area contributed by atoms with Gasteiger partial charge in [-0.3, -0.25) is 9.59 Å². The largest absolute Gasteiger partial charge is 0.495 e. The Morgan fingerprint density at radius 1 is 0.744 bits per heavy atom. The monoisotopic (exact) mass is 627 g/mol. The number of benzene rings is 3. The number of hydrogen-bond donors (Lipinski definition) is 0. The SMILES string of the molecule is COc1ccccc1N1CCN(C(=O)[C@H]2CN(C(=O)c3ccc(Cl)cc3Cl)C[C@@H]2c2cc(OC)c(OC)c(OC)c2)CC1. The van der Waals surface area contributed by atoms with E-state index in [0.29, 0.717) is 60.6 Å². The molecule has 5 rings (SSSR count). The van der Waals surface area contributed by atoms with Crippen molar-refractivity contribution >= 4 is 40.7 Å². The number of anilines is 1. The lowest BCUT2D eigenvalue weighted by Gasteiger charge is -2.38. The number of ether oxygens (including phenoxy) is 4. The van der Waals surface area contributed by atoms with E-state index in [1.807, 2.05) is 41.3 Å². The molecule has 2 saturated heterocycles. The maximum Gasteiger partial charge on any atom is 0.255 e. The van der Waals surface area contributed by atoms with Crippen LogP contribution in [0.1, 0.15) is 21.8 Å². The van der Waals surface area contributed by atoms with E-state index in [2.05, 4.69) is 4.90 Å². The molecule has 3 aromatic rings. The molecule has 2 amide bonds. The van der Waals surface area contributed by atoms with Gasteiger partial charge in [0.15, 0.2) is 11.5 Å². The molecule has 2 heterocycles. The van der Waals surface area contributed by atoms with Gasteiger partial charge in [-0.15, -0.1) is 0 Å². The molecule has 9 nitrogen and oxygen atoms in total. The number of hydrogen-bond acceptors (Lipinski definition) is 7. The quantitative estimate of drug-likeness (QED) is 0.338. The van der Waals surface area contributed by atoms with Crippen LogP contribution < -0.4 is 23.8 Å². The molecule has 0 saturated carbocycles. The van der Waals surface area contributed by atoms with Crippen molar-refractivity contribution < 1.29 is 28.5 Å². The van der Waals surface area contributed by atoms with Crippen LogP contribution in [0.3, 0.4) is 0 Å². The normalized spacial score (nSPS) is 18.4. The fourth-order valence-electron chi connectivity index (χ4n) is 6.00. The van der Waals surface area contributed by atoms with Crippen LogP contribution in [0, 0.1) is 5.92 Å². The summed E-state index contributed by atoms with van der Waals surface area (Å²) in [6, 6.07) is 16.4. The van der Waals surface area contributed by atoms with Crippen LogP contribution in [0.5, 0.6) is 23.0 Å². The van der Waals surface area contributed by atoms with Gasteiger partial charge in [-0.25, -0.2) is 0 Å². The fraction of sp³-hybridized carbons (Fsp3) is 0.375. The van der Waals surface area contributed by atoms with Crippen LogP contribution in [-0.2, 0) is 4.79 Å². The molecule has 0 aromatic heterocycles. The molecule has 2 atom stereocenters. The third-order valence-electron chi connectivity index (χ3n) is 8.22. The molecule has 228 valence electrons. The third kappa shape index (κ3) is 6.15. The number of piperazine rings is 1. The molecule has 0 bridgehead atoms. The standard InChI is InChI=1S/C32H35Cl2N3O6/c1-40-27-8-6-5-7-26(27)35-11-13-36(14-12-35)32(39)24-19-37(31(38)22-10-9-21(33)17-25(22)34)18-23(24)20-15-28(41-2)30(43-4)29(16-20)42-3/h5-10,15-17,23-24H,11-14,18-19H2,1-4H3/t23-,24+/m1/s1. The van der Waals surface area contributed by atoms with Crippen molar-refractivity contribution in [2.45, 2.75) is 5.92 Å². The maximum atomic E-state index is 14.2. The number of methoxy groups -OCH3 is 4. The third-order valence-corrected chi connectivity index (χ3v) is 8.77. The molecule has 0 N–H and O–H groups in total. The highest BCUT2D eigenvalue weighted by Gasteiger charge is 2.43. The second kappa shape index (κ2) is 13.2. The van der Waals surface area contributed by atoms with Crippen molar-refractivity contribution in [3.63, 3.8) is 0 Å². The van der Waals surface area contributed by atoms with Crippen LogP contribution in [0.15, 0.2) is 54.6 Å². The van der Waals surface area contributed by atoms with Crippen LogP contribution in [0.2, 0.25) is 10.0 Å². The number of carbonyl (C=O) groups excluding carboxylic acids is 2. The second-order valence-corrected chi connectivity index (χ2v) is 11.3. The maximum absolute atomic E-state index is 14.2. The highest BCUT2D eigenvalue weighted by Crippen LogP contribution is 2.44. The Morgan fingerprint density at radius 2 is 1.40 bits per heavy atom. The summed E-state index contributed by atoms with van der Waals surface area (Å²) in [5.41, 5.74) is 2.16. The summed E-state index contributed by atoms with van der Waals surface area (Å²) < 4.78 is 22.3. The van der Waals surface area contributed by atoms with Gasteiger partial charge in [0.05, 0.1) is 50.6 Å². The van der Waals surface area contributed by atoms with E-state index in [9.17, 15) is 9.59 Å². The summed E-state index contributed by atoms with van der Waals surface area (Å²) in [5.74, 6) is 1.17. The van der Waals surface area contributed by atoms with Crippen molar-refractivity contribution in [3.8, 4) is 23.0 Å². The van der Waals surface area contributed by atoms with Gasteiger partial charge < -0.3 is 33.6 Å². The van der Waals surface area contributed by atoms with Gasteiger partial charge in [-0.1, -0.05) is 35.3 Å². The number of halogens is 2. The van der Waals surface area contributed by atoms with Gasteiger partial charge in [0.1, 0.15) is 5.75 Å². The summed E-state index contributed by atoms with van der Waals surface area (Å²) in [6.07, 6.45) is 0. The van der Waals surface area contributed by atoms with E-state index in [4.69, 9.17) is 42.1 Å². The van der Waals surface area contributed by atoms with Gasteiger partial charge >= 0.3 is 0 Å². The Hall–Kier alpha value is -3.82. The van der Waals surface area contributed by atoms with Gasteiger partial charge in [0, 0.05) is 50.2 Å². The lowest BCUT2D eigenvalue weighted by atomic mass is 9.87. The molecule has 43 heavy (non-hydrogen) atoms. The molecule has 0 radical (unpaired) electrons. The van der Waals surface area contributed by atoms with Gasteiger partial charge in [-0.2, -0.15) is 0 Å². The molecule has 0 unspecified atom stereocenters. The Labute approximate surface area is 261 Å². The van der Waals surface area contributed by atoms with Crippen LogP contribution >= 0.6 is 23.2 Å². The van der Waals surface area contributed by atoms with E-state index < -0.39 is 5.92 Å². The molecular weight excluding hydrogens is 593 g/mol. The minimum Gasteiger partial charge on any atom is -0.495 e. The van der Waals surface area contributed by atoms with Gasteiger partial charge in [0.25, 0.3) is 5.91 Å². The Kier molecular flexibility index (Phi) is 9.42. The van der Waals surface area contributed by atoms with E-state index in [1.54, 1.807) is 51.5 Å². The number of carbonyl (C=O) groups is 2. The molecule has 2 aliphatic rings. The summed E-state index contributed by atoms with van der Waals surface area (Å²) in [6.45, 7) is 2.98. The van der Waals surface area contributed by atoms with E-state index in [-0.39, 0.29) is 29.3 Å². The zero-order chi connectivity index (χ0) is 30.7. The lowest BCUT2D eigenvalue weighted by molar-refractivity contribution is -0.135. The summed E-state index contributed by atoms with van der Waals surface area (Å²) >= 11 is 12.5. The first-order valence-electron chi connectivity index (χ1n) is 14.0. The average molecular weight is 629 g/mol. The molecule has 0 aliphatic carbocycles. The highest BCUT2D eigenvalue weighted by atomic mass is 35.5. The van der Waals surface area contributed by atoms with E-state index >= 15 is 0 Å². The number of rotatable bonds is 8. The topological polar surface area (TPSA) is 80.8 Å². The van der Waals surface area contributed by atoms with Crippen LogP contribution in [-0.4, -0.2) is 89.3 Å². The predicted octanol–water partition coefficient (Wildman–Crippen LogP) is 5.23. The van der Waals surface area contributed by atoms with Crippen LogP contribution in [0.25, 0.3) is 0 Å². The Morgan fingerprint density at radius 3 is 2.00 bits per heavy atom. The number of likely N-dealkylation sites (tertiary alicyclic amines) is 1. The van der Waals surface area contributed by atoms with E-state index in [0.717, 1.165) is 17.0 Å². The summed E-state index contributed by atoms with van der Waals surface area (Å²) in [7, 11) is 6.31. The zero-order valence-electron chi connectivity index (χ0n) is 24.6. The van der Waals surface area contributed by atoms with Crippen molar-refractivity contribution in [1.29, 1.82) is 0 Å². The van der Waals surface area contributed by atoms with Crippen molar-refractivity contribution in [2.75, 3.05) is 72.6 Å². The van der Waals surface area contributed by atoms with Crippen molar-refractivity contribution in [2.24, 2.45) is 5.92 Å². The van der Waals surface area contributed by atoms with Gasteiger partial charge in [-0.05, 0) is 48.0 Å². The molecule has 2 aliphatic heterocycles. The second-order valence-electron chi connectivity index (χ2n) is 10.5. The minimum atomic E-state index is -0.490.